The van der Waals surface area contributed by atoms with Crippen molar-refractivity contribution in [1.82, 2.24) is 0 Å². The molecule has 0 aromatic heterocycles. The summed E-state index contributed by atoms with van der Waals surface area (Å²) in [5, 5.41) is 9.62. The maximum absolute atomic E-state index is 11.1. The summed E-state index contributed by atoms with van der Waals surface area (Å²) >= 11 is 0. The summed E-state index contributed by atoms with van der Waals surface area (Å²) in [4.78, 5) is 11.1. The lowest BCUT2D eigenvalue weighted by Gasteiger charge is -2.12. The van der Waals surface area contributed by atoms with Gasteiger partial charge in [-0.2, -0.15) is 0 Å². The number of aryl methyl sites for hydroxylation is 1. The van der Waals surface area contributed by atoms with Crippen molar-refractivity contribution in [2.75, 3.05) is 0 Å². The lowest BCUT2D eigenvalue weighted by atomic mass is 10.1. The van der Waals surface area contributed by atoms with Gasteiger partial charge in [-0.25, -0.2) is 0 Å². The van der Waals surface area contributed by atoms with Crippen LogP contribution in [0.4, 0.5) is 0 Å². The summed E-state index contributed by atoms with van der Waals surface area (Å²) in [5.74, 6) is 0.917. The minimum Gasteiger partial charge on any atom is -0.508 e. The van der Waals surface area contributed by atoms with Crippen LogP contribution in [0.1, 0.15) is 21.5 Å². The third kappa shape index (κ3) is 2.68. The molecule has 98 valence electrons. The molecular weight excluding hydrogens is 242 g/mol. The molecule has 0 unspecified atom stereocenters. The zero-order chi connectivity index (χ0) is 14.0. The van der Waals surface area contributed by atoms with Crippen LogP contribution in [0.5, 0.6) is 17.2 Å². The molecule has 4 nitrogen and oxygen atoms in total. The first kappa shape index (κ1) is 13.0. The molecule has 0 fully saturated rings. The number of carbonyl (C=O) groups is 1. The summed E-state index contributed by atoms with van der Waals surface area (Å²) in [6, 6.07) is 10.1. The monoisotopic (exact) mass is 257 g/mol. The quantitative estimate of drug-likeness (QED) is 0.888. The smallest absolute Gasteiger partial charge is 0.248 e. The van der Waals surface area contributed by atoms with E-state index in [-0.39, 0.29) is 5.75 Å². The normalized spacial score (nSPS) is 10.2. The first-order valence-corrected chi connectivity index (χ1v) is 5.86. The zero-order valence-corrected chi connectivity index (χ0v) is 10.8. The Bertz CT molecular complexity index is 635. The number of aromatic hydroxyl groups is 1. The highest BCUT2D eigenvalue weighted by Crippen LogP contribution is 2.32. The van der Waals surface area contributed by atoms with E-state index >= 15 is 0 Å². The largest absolute Gasteiger partial charge is 0.508 e. The SMILES string of the molecule is Cc1cc(C(N)=O)ccc1Oc1cccc(O)c1C. The molecule has 0 aliphatic carbocycles. The molecule has 0 saturated heterocycles. The second-order valence-electron chi connectivity index (χ2n) is 4.35. The molecule has 0 heterocycles. The average molecular weight is 257 g/mol. The fourth-order valence-electron chi connectivity index (χ4n) is 1.75. The third-order valence-electron chi connectivity index (χ3n) is 2.93. The van der Waals surface area contributed by atoms with Gasteiger partial charge in [0.15, 0.2) is 0 Å². The first-order valence-electron chi connectivity index (χ1n) is 5.86. The van der Waals surface area contributed by atoms with Crippen LogP contribution in [0.25, 0.3) is 0 Å². The minimum atomic E-state index is -0.469. The van der Waals surface area contributed by atoms with Gasteiger partial charge in [0.2, 0.25) is 5.91 Å². The number of benzene rings is 2. The van der Waals surface area contributed by atoms with Crippen molar-refractivity contribution in [3.8, 4) is 17.2 Å². The molecule has 0 bridgehead atoms. The molecule has 0 atom stereocenters. The van der Waals surface area contributed by atoms with Gasteiger partial charge in [0.25, 0.3) is 0 Å². The number of phenols is 1. The molecule has 0 spiro atoms. The first-order chi connectivity index (χ1) is 8.99. The Morgan fingerprint density at radius 3 is 2.53 bits per heavy atom. The van der Waals surface area contributed by atoms with Gasteiger partial charge in [-0.1, -0.05) is 6.07 Å². The van der Waals surface area contributed by atoms with Gasteiger partial charge in [0.1, 0.15) is 17.2 Å². The molecular formula is C15H15NO3. The molecule has 0 aliphatic heterocycles. The van der Waals surface area contributed by atoms with Crippen molar-refractivity contribution >= 4 is 5.91 Å². The van der Waals surface area contributed by atoms with E-state index in [1.54, 1.807) is 43.3 Å². The molecule has 4 heteroatoms. The van der Waals surface area contributed by atoms with Crippen molar-refractivity contribution in [3.05, 3.63) is 53.1 Å². The highest BCUT2D eigenvalue weighted by Gasteiger charge is 2.09. The number of phenolic OH excluding ortho intramolecular Hbond substituents is 1. The maximum Gasteiger partial charge on any atom is 0.248 e. The van der Waals surface area contributed by atoms with E-state index in [0.717, 1.165) is 5.56 Å². The van der Waals surface area contributed by atoms with E-state index < -0.39 is 5.91 Å². The molecule has 0 radical (unpaired) electrons. The van der Waals surface area contributed by atoms with Crippen LogP contribution in [0.2, 0.25) is 0 Å². The van der Waals surface area contributed by atoms with Gasteiger partial charge in [-0.3, -0.25) is 4.79 Å². The number of nitrogens with two attached hydrogens (primary N) is 1. The Balaban J connectivity index is 2.34. The molecule has 2 aromatic carbocycles. The average Bonchev–Trinajstić information content (AvgIpc) is 2.37. The maximum atomic E-state index is 11.1. The molecule has 2 aromatic rings. The van der Waals surface area contributed by atoms with Crippen molar-refractivity contribution < 1.29 is 14.6 Å². The van der Waals surface area contributed by atoms with Gasteiger partial charge < -0.3 is 15.6 Å². The lowest BCUT2D eigenvalue weighted by Crippen LogP contribution is -2.10. The predicted molar refractivity (Wildman–Crippen MR) is 72.6 cm³/mol. The number of hydrogen-bond acceptors (Lipinski definition) is 3. The highest BCUT2D eigenvalue weighted by molar-refractivity contribution is 5.93. The number of amides is 1. The van der Waals surface area contributed by atoms with Crippen LogP contribution < -0.4 is 10.5 Å². The topological polar surface area (TPSA) is 72.6 Å². The number of carbonyl (C=O) groups excluding carboxylic acids is 1. The summed E-state index contributed by atoms with van der Waals surface area (Å²) in [7, 11) is 0. The number of primary amides is 1. The van der Waals surface area contributed by atoms with Crippen molar-refractivity contribution in [1.29, 1.82) is 0 Å². The van der Waals surface area contributed by atoms with Crippen molar-refractivity contribution in [2.45, 2.75) is 13.8 Å². The van der Waals surface area contributed by atoms with Crippen LogP contribution in [0, 0.1) is 13.8 Å². The zero-order valence-electron chi connectivity index (χ0n) is 10.8. The molecule has 0 saturated carbocycles. The minimum absolute atomic E-state index is 0.184. The van der Waals surface area contributed by atoms with E-state index in [0.29, 0.717) is 22.6 Å². The van der Waals surface area contributed by atoms with Crippen LogP contribution in [-0.4, -0.2) is 11.0 Å². The van der Waals surface area contributed by atoms with Gasteiger partial charge in [-0.15, -0.1) is 0 Å². The molecule has 1 amide bonds. The van der Waals surface area contributed by atoms with Gasteiger partial charge in [0, 0.05) is 11.1 Å². The van der Waals surface area contributed by atoms with Gasteiger partial charge in [0.05, 0.1) is 0 Å². The van der Waals surface area contributed by atoms with Crippen molar-refractivity contribution in [3.63, 3.8) is 0 Å². The Labute approximate surface area is 111 Å². The summed E-state index contributed by atoms with van der Waals surface area (Å²) in [5.41, 5.74) is 7.13. The Hall–Kier alpha value is -2.49. The van der Waals surface area contributed by atoms with E-state index in [1.807, 2.05) is 6.92 Å². The van der Waals surface area contributed by atoms with E-state index in [9.17, 15) is 9.90 Å². The van der Waals surface area contributed by atoms with E-state index in [2.05, 4.69) is 0 Å². The summed E-state index contributed by atoms with van der Waals surface area (Å²) < 4.78 is 5.74. The Morgan fingerprint density at radius 1 is 1.16 bits per heavy atom. The van der Waals surface area contributed by atoms with Gasteiger partial charge >= 0.3 is 0 Å². The standard InChI is InChI=1S/C15H15NO3/c1-9-8-11(15(16)18)6-7-13(9)19-14-5-3-4-12(17)10(14)2/h3-8,17H,1-2H3,(H2,16,18). The second-order valence-corrected chi connectivity index (χ2v) is 4.35. The molecule has 3 N–H and O–H groups in total. The number of rotatable bonds is 3. The predicted octanol–water partition coefficient (Wildman–Crippen LogP) is 2.90. The van der Waals surface area contributed by atoms with Crippen LogP contribution >= 0.6 is 0 Å². The number of hydrogen-bond donors (Lipinski definition) is 2. The van der Waals surface area contributed by atoms with E-state index in [4.69, 9.17) is 10.5 Å². The van der Waals surface area contributed by atoms with Crippen LogP contribution in [-0.2, 0) is 0 Å². The fourth-order valence-corrected chi connectivity index (χ4v) is 1.75. The fraction of sp³-hybridized carbons (Fsp3) is 0.133. The van der Waals surface area contributed by atoms with Crippen LogP contribution in [0.3, 0.4) is 0 Å². The van der Waals surface area contributed by atoms with Crippen LogP contribution in [0.15, 0.2) is 36.4 Å². The second kappa shape index (κ2) is 5.02. The highest BCUT2D eigenvalue weighted by atomic mass is 16.5. The third-order valence-corrected chi connectivity index (χ3v) is 2.93. The summed E-state index contributed by atoms with van der Waals surface area (Å²) in [6.07, 6.45) is 0. The van der Waals surface area contributed by atoms with Crippen molar-refractivity contribution in [2.24, 2.45) is 5.73 Å². The Morgan fingerprint density at radius 2 is 1.89 bits per heavy atom. The van der Waals surface area contributed by atoms with Gasteiger partial charge in [-0.05, 0) is 49.7 Å². The summed E-state index contributed by atoms with van der Waals surface area (Å²) in [6.45, 7) is 3.61. The lowest BCUT2D eigenvalue weighted by molar-refractivity contribution is 0.1000. The number of ether oxygens (including phenoxy) is 1. The molecule has 0 aliphatic rings. The molecule has 2 rings (SSSR count). The van der Waals surface area contributed by atoms with E-state index in [1.165, 1.54) is 0 Å². The Kier molecular flexibility index (Phi) is 3.42. The molecule has 19 heavy (non-hydrogen) atoms.